The number of nitrogens with zero attached hydrogens (tertiary/aromatic N) is 4. The number of carbonyl (C=O) groups is 2. The minimum absolute atomic E-state index is 0.00427. The second-order valence-corrected chi connectivity index (χ2v) is 9.15. The van der Waals surface area contributed by atoms with Crippen LogP contribution >= 0.6 is 23.4 Å². The van der Waals surface area contributed by atoms with Gasteiger partial charge in [-0.2, -0.15) is 18.3 Å². The number of halogens is 4. The smallest absolute Gasteiger partial charge is 0.347 e. The highest BCUT2D eigenvalue weighted by Crippen LogP contribution is 2.35. The molecule has 2 aromatic carbocycles. The van der Waals surface area contributed by atoms with Crippen molar-refractivity contribution in [2.45, 2.75) is 19.3 Å². The van der Waals surface area contributed by atoms with Gasteiger partial charge < -0.3 is 4.98 Å². The molecule has 178 valence electrons. The third kappa shape index (κ3) is 4.69. The zero-order valence-electron chi connectivity index (χ0n) is 17.7. The molecule has 1 aliphatic rings. The number of hydrogen-bond donors (Lipinski definition) is 1. The summed E-state index contributed by atoms with van der Waals surface area (Å²) in [6.45, 7) is -0.0497. The van der Waals surface area contributed by atoms with Gasteiger partial charge in [0.2, 0.25) is 0 Å². The standard InChI is InChI=1S/C23H15ClF3N5O2S/c24-16-3-2-14(17(9-16)23(25,26)27)11-32-18-4-1-13(7-15(18)10-30-32)8-19-21(33)31(22(34)35-19)12-20-28-5-6-29-20/h1-10H,11-12H2,(H,28,29). The molecule has 7 nitrogen and oxygen atoms in total. The molecule has 0 bridgehead atoms. The highest BCUT2D eigenvalue weighted by Gasteiger charge is 2.36. The van der Waals surface area contributed by atoms with Crippen molar-refractivity contribution >= 4 is 51.5 Å². The number of imidazole rings is 1. The van der Waals surface area contributed by atoms with E-state index in [1.54, 1.807) is 36.7 Å². The first kappa shape index (κ1) is 23.2. The highest BCUT2D eigenvalue weighted by atomic mass is 35.5. The molecule has 1 N–H and O–H groups in total. The maximum atomic E-state index is 13.5. The molecule has 0 spiro atoms. The maximum absolute atomic E-state index is 13.5. The average Bonchev–Trinajstić information content (AvgIpc) is 3.52. The number of hydrogen-bond acceptors (Lipinski definition) is 5. The fourth-order valence-electron chi connectivity index (χ4n) is 3.75. The predicted molar refractivity (Wildman–Crippen MR) is 125 cm³/mol. The van der Waals surface area contributed by atoms with Gasteiger partial charge in [0.25, 0.3) is 11.1 Å². The van der Waals surface area contributed by atoms with Crippen molar-refractivity contribution in [2.24, 2.45) is 0 Å². The lowest BCUT2D eigenvalue weighted by Gasteiger charge is -2.14. The average molecular weight is 518 g/mol. The summed E-state index contributed by atoms with van der Waals surface area (Å²) in [5, 5.41) is 4.53. The molecular weight excluding hydrogens is 503 g/mol. The van der Waals surface area contributed by atoms with Crippen LogP contribution in [-0.2, 0) is 24.1 Å². The van der Waals surface area contributed by atoms with Gasteiger partial charge in [0.1, 0.15) is 5.82 Å². The van der Waals surface area contributed by atoms with E-state index in [1.165, 1.54) is 23.0 Å². The molecule has 0 atom stereocenters. The summed E-state index contributed by atoms with van der Waals surface area (Å²) in [7, 11) is 0. The number of H-pyrrole nitrogens is 1. The molecule has 2 amide bonds. The van der Waals surface area contributed by atoms with Crippen molar-refractivity contribution in [3.63, 3.8) is 0 Å². The van der Waals surface area contributed by atoms with Crippen LogP contribution in [0.3, 0.4) is 0 Å². The molecule has 0 unspecified atom stereocenters. The lowest BCUT2D eigenvalue weighted by atomic mass is 10.1. The number of benzene rings is 2. The van der Waals surface area contributed by atoms with Gasteiger partial charge in [-0.1, -0.05) is 23.7 Å². The van der Waals surface area contributed by atoms with Crippen molar-refractivity contribution in [2.75, 3.05) is 0 Å². The Balaban J connectivity index is 1.40. The van der Waals surface area contributed by atoms with Crippen LogP contribution in [0.25, 0.3) is 17.0 Å². The summed E-state index contributed by atoms with van der Waals surface area (Å²) in [6, 6.07) is 8.84. The third-order valence-electron chi connectivity index (χ3n) is 5.40. The summed E-state index contributed by atoms with van der Waals surface area (Å²) in [6.07, 6.45) is 1.74. The van der Waals surface area contributed by atoms with Crippen LogP contribution in [0.4, 0.5) is 18.0 Å². The summed E-state index contributed by atoms with van der Waals surface area (Å²) >= 11 is 6.60. The van der Waals surface area contributed by atoms with E-state index >= 15 is 0 Å². The third-order valence-corrected chi connectivity index (χ3v) is 6.54. The Bertz CT molecular complexity index is 1480. The zero-order chi connectivity index (χ0) is 24.7. The van der Waals surface area contributed by atoms with E-state index in [0.29, 0.717) is 22.3 Å². The van der Waals surface area contributed by atoms with Gasteiger partial charge in [-0.15, -0.1) is 0 Å². The minimum Gasteiger partial charge on any atom is -0.347 e. The summed E-state index contributed by atoms with van der Waals surface area (Å²) < 4.78 is 41.8. The fraction of sp³-hybridized carbons (Fsp3) is 0.130. The number of fused-ring (bicyclic) bond motifs is 1. The molecule has 1 saturated heterocycles. The van der Waals surface area contributed by atoms with Gasteiger partial charge in [0, 0.05) is 22.8 Å². The first-order valence-electron chi connectivity index (χ1n) is 10.2. The molecule has 1 aliphatic heterocycles. The first-order chi connectivity index (χ1) is 16.7. The molecule has 35 heavy (non-hydrogen) atoms. The predicted octanol–water partition coefficient (Wildman–Crippen LogP) is 5.72. The SMILES string of the molecule is O=C1SC(=Cc2ccc3c(cnn3Cc3ccc(Cl)cc3C(F)(F)F)c2)C(=O)N1Cc1ncc[nH]1. The Kier molecular flexibility index (Phi) is 5.89. The Morgan fingerprint density at radius 2 is 1.94 bits per heavy atom. The van der Waals surface area contributed by atoms with Gasteiger partial charge in [-0.25, -0.2) is 4.98 Å². The summed E-state index contributed by atoms with van der Waals surface area (Å²) in [5.74, 6) is 0.0753. The molecule has 0 radical (unpaired) electrons. The van der Waals surface area contributed by atoms with Crippen LogP contribution in [0.1, 0.15) is 22.5 Å². The number of alkyl halides is 3. The van der Waals surface area contributed by atoms with Crippen molar-refractivity contribution in [3.05, 3.63) is 87.4 Å². The number of carbonyl (C=O) groups excluding carboxylic acids is 2. The first-order valence-corrected chi connectivity index (χ1v) is 11.4. The Labute approximate surface area is 205 Å². The van der Waals surface area contributed by atoms with E-state index < -0.39 is 22.9 Å². The largest absolute Gasteiger partial charge is 0.416 e. The minimum atomic E-state index is -4.55. The monoisotopic (exact) mass is 517 g/mol. The van der Waals surface area contributed by atoms with E-state index in [2.05, 4.69) is 15.1 Å². The van der Waals surface area contributed by atoms with Crippen LogP contribution in [0.2, 0.25) is 5.02 Å². The number of nitrogens with one attached hydrogen (secondary N) is 1. The van der Waals surface area contributed by atoms with Crippen LogP contribution in [0.5, 0.6) is 0 Å². The number of imide groups is 1. The van der Waals surface area contributed by atoms with Crippen molar-refractivity contribution in [3.8, 4) is 0 Å². The summed E-state index contributed by atoms with van der Waals surface area (Å²) in [4.78, 5) is 33.3. The van der Waals surface area contributed by atoms with E-state index in [4.69, 9.17) is 11.6 Å². The van der Waals surface area contributed by atoms with Crippen molar-refractivity contribution < 1.29 is 22.8 Å². The van der Waals surface area contributed by atoms with Gasteiger partial charge in [-0.05, 0) is 53.2 Å². The second kappa shape index (κ2) is 8.90. The number of amides is 2. The second-order valence-electron chi connectivity index (χ2n) is 7.72. The molecule has 12 heteroatoms. The molecule has 0 aliphatic carbocycles. The molecule has 1 fully saturated rings. The highest BCUT2D eigenvalue weighted by molar-refractivity contribution is 8.18. The molecule has 0 saturated carbocycles. The van der Waals surface area contributed by atoms with Gasteiger partial charge >= 0.3 is 6.18 Å². The van der Waals surface area contributed by atoms with E-state index in [9.17, 15) is 22.8 Å². The fourth-order valence-corrected chi connectivity index (χ4v) is 4.77. The molecular formula is C23H15ClF3N5O2S. The van der Waals surface area contributed by atoms with Crippen LogP contribution in [-0.4, -0.2) is 35.8 Å². The summed E-state index contributed by atoms with van der Waals surface area (Å²) in [5.41, 5.74) is 0.510. The number of aromatic amines is 1. The number of thioether (sulfide) groups is 1. The molecule has 3 heterocycles. The Morgan fingerprint density at radius 1 is 1.11 bits per heavy atom. The topological polar surface area (TPSA) is 83.9 Å². The Hall–Kier alpha value is -3.57. The number of rotatable bonds is 5. The normalized spacial score (nSPS) is 15.7. The van der Waals surface area contributed by atoms with E-state index in [1.807, 2.05) is 0 Å². The van der Waals surface area contributed by atoms with Gasteiger partial charge in [-0.3, -0.25) is 19.2 Å². The van der Waals surface area contributed by atoms with E-state index in [-0.39, 0.29) is 28.6 Å². The number of aromatic nitrogens is 4. The molecule has 5 rings (SSSR count). The lowest BCUT2D eigenvalue weighted by Crippen LogP contribution is -2.28. The zero-order valence-corrected chi connectivity index (χ0v) is 19.3. The Morgan fingerprint density at radius 3 is 2.69 bits per heavy atom. The van der Waals surface area contributed by atoms with E-state index in [0.717, 1.165) is 22.7 Å². The van der Waals surface area contributed by atoms with Crippen LogP contribution in [0.15, 0.2) is 59.9 Å². The van der Waals surface area contributed by atoms with Crippen LogP contribution in [0, 0.1) is 0 Å². The lowest BCUT2D eigenvalue weighted by molar-refractivity contribution is -0.138. The van der Waals surface area contributed by atoms with Crippen molar-refractivity contribution in [1.82, 2.24) is 24.6 Å². The van der Waals surface area contributed by atoms with Crippen LogP contribution < -0.4 is 0 Å². The molecule has 4 aromatic rings. The van der Waals surface area contributed by atoms with Crippen molar-refractivity contribution in [1.29, 1.82) is 0 Å². The molecule has 2 aromatic heterocycles. The van der Waals surface area contributed by atoms with Gasteiger partial charge in [0.05, 0.1) is 35.3 Å². The van der Waals surface area contributed by atoms with Gasteiger partial charge in [0.15, 0.2) is 0 Å². The quantitative estimate of drug-likeness (QED) is 0.342. The maximum Gasteiger partial charge on any atom is 0.416 e.